The van der Waals surface area contributed by atoms with Crippen molar-refractivity contribution < 1.29 is 27.9 Å². The van der Waals surface area contributed by atoms with Gasteiger partial charge >= 0.3 is 12.6 Å². The summed E-state index contributed by atoms with van der Waals surface area (Å²) < 4.78 is 31.0. The van der Waals surface area contributed by atoms with Gasteiger partial charge in [-0.05, 0) is 68.8 Å². The highest BCUT2D eigenvalue weighted by Gasteiger charge is 2.49. The Hall–Kier alpha value is -4.52. The van der Waals surface area contributed by atoms with Crippen molar-refractivity contribution in [2.45, 2.75) is 32.9 Å². The lowest BCUT2D eigenvalue weighted by Crippen LogP contribution is -2.41. The minimum atomic E-state index is -2.93. The number of benzene rings is 2. The molecular formula is C26H22F2N4O4. The topological polar surface area (TPSA) is 104 Å². The van der Waals surface area contributed by atoms with Crippen molar-refractivity contribution >= 4 is 17.7 Å². The molecule has 1 fully saturated rings. The molecule has 36 heavy (non-hydrogen) atoms. The quantitative estimate of drug-likeness (QED) is 0.393. The average molecular weight is 492 g/mol. The number of ketones is 1. The van der Waals surface area contributed by atoms with Gasteiger partial charge < -0.3 is 14.6 Å². The van der Waals surface area contributed by atoms with Crippen molar-refractivity contribution in [3.63, 3.8) is 0 Å². The van der Waals surface area contributed by atoms with Crippen molar-refractivity contribution in [2.75, 3.05) is 6.54 Å². The summed E-state index contributed by atoms with van der Waals surface area (Å²) in [7, 11) is 0. The van der Waals surface area contributed by atoms with Crippen LogP contribution in [-0.2, 0) is 10.3 Å². The fourth-order valence-electron chi connectivity index (χ4n) is 4.36. The first-order valence-corrected chi connectivity index (χ1v) is 11.0. The molecule has 1 unspecified atom stereocenters. The molecule has 2 heterocycles. The number of aromatic nitrogens is 1. The number of halogens is 2. The van der Waals surface area contributed by atoms with Crippen LogP contribution in [0, 0.1) is 25.2 Å². The van der Waals surface area contributed by atoms with Crippen LogP contribution in [0.4, 0.5) is 13.6 Å². The van der Waals surface area contributed by atoms with Gasteiger partial charge in [-0.1, -0.05) is 12.1 Å². The second-order valence-electron chi connectivity index (χ2n) is 8.55. The molecular weight excluding hydrogens is 470 g/mol. The van der Waals surface area contributed by atoms with Gasteiger partial charge in [-0.15, -0.1) is 0 Å². The van der Waals surface area contributed by atoms with E-state index in [-0.39, 0.29) is 5.75 Å². The Morgan fingerprint density at radius 3 is 2.33 bits per heavy atom. The first-order valence-electron chi connectivity index (χ1n) is 11.0. The Kier molecular flexibility index (Phi) is 6.33. The molecule has 0 aliphatic carbocycles. The number of urea groups is 1. The maximum atomic E-state index is 13.2. The lowest BCUT2D eigenvalue weighted by atomic mass is 9.91. The SMILES string of the molecule is Cc1cc(C(=O)CN2C(=O)NC(C)(c3ccc(C#N)cc3)C2=O)c(C)n1-c1ccc(OC(F)F)cc1. The van der Waals surface area contributed by atoms with E-state index in [1.54, 1.807) is 67.8 Å². The van der Waals surface area contributed by atoms with Crippen LogP contribution in [0.15, 0.2) is 54.6 Å². The number of carbonyl (C=O) groups excluding carboxylic acids is 3. The minimum Gasteiger partial charge on any atom is -0.435 e. The minimum absolute atomic E-state index is 0.0105. The molecule has 1 N–H and O–H groups in total. The highest BCUT2D eigenvalue weighted by atomic mass is 19.3. The Labute approximate surface area is 205 Å². The van der Waals surface area contributed by atoms with Gasteiger partial charge in [0.15, 0.2) is 5.78 Å². The molecule has 8 nitrogen and oxygen atoms in total. The second-order valence-corrected chi connectivity index (χ2v) is 8.55. The van der Waals surface area contributed by atoms with E-state index in [4.69, 9.17) is 5.26 Å². The van der Waals surface area contributed by atoms with E-state index in [0.717, 1.165) is 4.90 Å². The van der Waals surface area contributed by atoms with Crippen LogP contribution in [0.5, 0.6) is 5.75 Å². The molecule has 0 bridgehead atoms. The van der Waals surface area contributed by atoms with Crippen molar-refractivity contribution in [2.24, 2.45) is 0 Å². The predicted octanol–water partition coefficient (Wildman–Crippen LogP) is 4.22. The molecule has 1 aliphatic heterocycles. The normalized spacial score (nSPS) is 17.3. The van der Waals surface area contributed by atoms with Crippen LogP contribution in [0.1, 0.15) is 39.8 Å². The predicted molar refractivity (Wildman–Crippen MR) is 125 cm³/mol. The van der Waals surface area contributed by atoms with E-state index in [1.807, 2.05) is 6.07 Å². The number of hydrogen-bond acceptors (Lipinski definition) is 5. The lowest BCUT2D eigenvalue weighted by Gasteiger charge is -2.22. The number of amides is 3. The van der Waals surface area contributed by atoms with Crippen molar-refractivity contribution in [1.29, 1.82) is 5.26 Å². The lowest BCUT2D eigenvalue weighted by molar-refractivity contribution is -0.130. The Bertz CT molecular complexity index is 1390. The van der Waals surface area contributed by atoms with Crippen LogP contribution in [0.2, 0.25) is 0 Å². The van der Waals surface area contributed by atoms with Gasteiger partial charge in [0.05, 0.1) is 18.2 Å². The van der Waals surface area contributed by atoms with Gasteiger partial charge in [0.2, 0.25) is 0 Å². The standard InChI is InChI=1S/C26H22F2N4O4/c1-15-12-21(16(2)32(15)19-8-10-20(11-9-19)36-24(27)28)22(33)14-31-23(34)26(3,30-25(31)35)18-6-4-17(13-29)5-7-18/h4-12,24H,14H2,1-3H3,(H,30,35). The largest absolute Gasteiger partial charge is 0.435 e. The Balaban J connectivity index is 1.56. The zero-order valence-corrected chi connectivity index (χ0v) is 19.7. The molecule has 0 radical (unpaired) electrons. The molecule has 1 aromatic heterocycles. The molecule has 3 aromatic rings. The molecule has 0 saturated carbocycles. The average Bonchev–Trinajstić information content (AvgIpc) is 3.26. The molecule has 10 heteroatoms. The van der Waals surface area contributed by atoms with E-state index in [1.165, 1.54) is 12.1 Å². The number of ether oxygens (including phenoxy) is 1. The number of imide groups is 1. The summed E-state index contributed by atoms with van der Waals surface area (Å²) in [5.41, 5.74) is 1.77. The Morgan fingerprint density at radius 2 is 1.75 bits per heavy atom. The fraction of sp³-hybridized carbons (Fsp3) is 0.231. The molecule has 1 saturated heterocycles. The van der Waals surface area contributed by atoms with E-state index in [0.29, 0.717) is 33.8 Å². The molecule has 1 atom stereocenters. The van der Waals surface area contributed by atoms with Crippen molar-refractivity contribution in [3.8, 4) is 17.5 Å². The van der Waals surface area contributed by atoms with Crippen LogP contribution < -0.4 is 10.1 Å². The number of carbonyl (C=O) groups is 3. The molecule has 3 amide bonds. The van der Waals surface area contributed by atoms with Gasteiger partial charge in [-0.25, -0.2) is 4.79 Å². The van der Waals surface area contributed by atoms with Crippen LogP contribution in [0.25, 0.3) is 5.69 Å². The number of nitrogens with zero attached hydrogens (tertiary/aromatic N) is 3. The highest BCUT2D eigenvalue weighted by molar-refractivity contribution is 6.11. The maximum Gasteiger partial charge on any atom is 0.387 e. The molecule has 2 aromatic carbocycles. The number of Topliss-reactive ketones (excluding diaryl/α,β-unsaturated/α-hetero) is 1. The third kappa shape index (κ3) is 4.31. The summed E-state index contributed by atoms with van der Waals surface area (Å²) in [6.45, 7) is 1.66. The van der Waals surface area contributed by atoms with Gasteiger partial charge in [-0.2, -0.15) is 14.0 Å². The zero-order valence-electron chi connectivity index (χ0n) is 19.7. The molecule has 4 rings (SSSR count). The van der Waals surface area contributed by atoms with Gasteiger partial charge in [0.1, 0.15) is 11.3 Å². The summed E-state index contributed by atoms with van der Waals surface area (Å²) in [5.74, 6) is -0.995. The van der Waals surface area contributed by atoms with Crippen LogP contribution in [0.3, 0.4) is 0 Å². The monoisotopic (exact) mass is 492 g/mol. The fourth-order valence-corrected chi connectivity index (χ4v) is 4.36. The van der Waals surface area contributed by atoms with E-state index >= 15 is 0 Å². The van der Waals surface area contributed by atoms with Gasteiger partial charge in [0.25, 0.3) is 5.91 Å². The third-order valence-corrected chi connectivity index (χ3v) is 6.22. The Morgan fingerprint density at radius 1 is 1.11 bits per heavy atom. The summed E-state index contributed by atoms with van der Waals surface area (Å²) in [6, 6.07) is 15.2. The number of nitriles is 1. The number of nitrogens with one attached hydrogen (secondary N) is 1. The molecule has 184 valence electrons. The highest BCUT2D eigenvalue weighted by Crippen LogP contribution is 2.30. The van der Waals surface area contributed by atoms with Gasteiger partial charge in [0, 0.05) is 22.6 Å². The summed E-state index contributed by atoms with van der Waals surface area (Å²) >= 11 is 0. The van der Waals surface area contributed by atoms with E-state index in [9.17, 15) is 23.2 Å². The van der Waals surface area contributed by atoms with E-state index in [2.05, 4.69) is 10.1 Å². The summed E-state index contributed by atoms with van der Waals surface area (Å²) in [4.78, 5) is 39.9. The smallest absolute Gasteiger partial charge is 0.387 e. The third-order valence-electron chi connectivity index (χ3n) is 6.22. The molecule has 0 spiro atoms. The zero-order chi connectivity index (χ0) is 26.2. The maximum absolute atomic E-state index is 13.2. The number of hydrogen-bond donors (Lipinski definition) is 1. The molecule has 1 aliphatic rings. The van der Waals surface area contributed by atoms with Crippen molar-refractivity contribution in [3.05, 3.63) is 82.7 Å². The van der Waals surface area contributed by atoms with Crippen molar-refractivity contribution in [1.82, 2.24) is 14.8 Å². The van der Waals surface area contributed by atoms with Gasteiger partial charge in [-0.3, -0.25) is 14.5 Å². The second kappa shape index (κ2) is 9.26. The number of aryl methyl sites for hydroxylation is 1. The first-order chi connectivity index (χ1) is 17.0. The summed E-state index contributed by atoms with van der Waals surface area (Å²) in [6.07, 6.45) is 0. The summed E-state index contributed by atoms with van der Waals surface area (Å²) in [5, 5.41) is 11.6. The number of alkyl halides is 2. The van der Waals surface area contributed by atoms with Crippen LogP contribution >= 0.6 is 0 Å². The van der Waals surface area contributed by atoms with E-state index < -0.39 is 36.4 Å². The number of rotatable bonds is 7. The first kappa shape index (κ1) is 24.6. The van der Waals surface area contributed by atoms with Crippen LogP contribution in [-0.4, -0.2) is 40.3 Å².